The van der Waals surface area contributed by atoms with Crippen molar-refractivity contribution in [2.45, 2.75) is 30.9 Å². The van der Waals surface area contributed by atoms with Gasteiger partial charge in [-0.15, -0.1) is 0 Å². The molecule has 0 atom stereocenters. The van der Waals surface area contributed by atoms with Crippen molar-refractivity contribution in [3.05, 3.63) is 17.9 Å². The number of nitrogens with two attached hydrogens (primary N) is 1. The molecule has 1 fully saturated rings. The van der Waals surface area contributed by atoms with Crippen LogP contribution < -0.4 is 10.5 Å². The summed E-state index contributed by atoms with van der Waals surface area (Å²) in [7, 11) is -1.93. The molecule has 1 aliphatic carbocycles. The lowest BCUT2D eigenvalue weighted by Gasteiger charge is -2.14. The van der Waals surface area contributed by atoms with Gasteiger partial charge >= 0.3 is 0 Å². The summed E-state index contributed by atoms with van der Waals surface area (Å²) < 4.78 is 36.9. The highest BCUT2D eigenvalue weighted by Crippen LogP contribution is 2.48. The van der Waals surface area contributed by atoms with Crippen LogP contribution in [0.2, 0.25) is 0 Å². The molecular formula is C12H20N2O4S. The SMILES string of the molecule is COCCC1(CNS(=O)(=O)c2ccc(CN)o2)CC1. The van der Waals surface area contributed by atoms with Crippen LogP contribution in [0, 0.1) is 5.41 Å². The maximum Gasteiger partial charge on any atom is 0.273 e. The van der Waals surface area contributed by atoms with Gasteiger partial charge in [-0.3, -0.25) is 0 Å². The lowest BCUT2D eigenvalue weighted by Crippen LogP contribution is -2.30. The van der Waals surface area contributed by atoms with Crippen LogP contribution in [0.25, 0.3) is 0 Å². The van der Waals surface area contributed by atoms with Crippen LogP contribution >= 0.6 is 0 Å². The number of ether oxygens (including phenoxy) is 1. The van der Waals surface area contributed by atoms with Crippen molar-refractivity contribution in [1.82, 2.24) is 4.72 Å². The van der Waals surface area contributed by atoms with Crippen LogP contribution in [0.5, 0.6) is 0 Å². The first-order chi connectivity index (χ1) is 9.01. The minimum absolute atomic E-state index is 0.0619. The second-order valence-corrected chi connectivity index (χ2v) is 6.69. The first kappa shape index (κ1) is 14.5. The zero-order valence-electron chi connectivity index (χ0n) is 11.0. The normalized spacial score (nSPS) is 17.6. The molecule has 19 heavy (non-hydrogen) atoms. The van der Waals surface area contributed by atoms with Gasteiger partial charge in [0.15, 0.2) is 0 Å². The monoisotopic (exact) mass is 288 g/mol. The topological polar surface area (TPSA) is 94.6 Å². The molecule has 6 nitrogen and oxygen atoms in total. The van der Waals surface area contributed by atoms with E-state index in [1.807, 2.05) is 0 Å². The molecule has 0 bridgehead atoms. The summed E-state index contributed by atoms with van der Waals surface area (Å²) in [6.07, 6.45) is 2.94. The van der Waals surface area contributed by atoms with Crippen LogP contribution in [0.4, 0.5) is 0 Å². The van der Waals surface area contributed by atoms with Crippen molar-refractivity contribution in [2.75, 3.05) is 20.3 Å². The Morgan fingerprint density at radius 3 is 2.74 bits per heavy atom. The highest BCUT2D eigenvalue weighted by molar-refractivity contribution is 7.89. The second kappa shape index (κ2) is 5.62. The molecule has 1 aromatic rings. The van der Waals surface area contributed by atoms with Crippen LogP contribution in [-0.2, 0) is 21.3 Å². The van der Waals surface area contributed by atoms with Gasteiger partial charge in [0.05, 0.1) is 6.54 Å². The summed E-state index contributed by atoms with van der Waals surface area (Å²) >= 11 is 0. The lowest BCUT2D eigenvalue weighted by molar-refractivity contribution is 0.173. The molecule has 1 aliphatic rings. The molecule has 0 radical (unpaired) electrons. The van der Waals surface area contributed by atoms with Gasteiger partial charge in [-0.1, -0.05) is 0 Å². The molecule has 1 heterocycles. The fraction of sp³-hybridized carbons (Fsp3) is 0.667. The summed E-state index contributed by atoms with van der Waals surface area (Å²) in [6, 6.07) is 3.01. The highest BCUT2D eigenvalue weighted by Gasteiger charge is 2.42. The van der Waals surface area contributed by atoms with E-state index in [-0.39, 0.29) is 17.1 Å². The second-order valence-electron chi connectivity index (χ2n) is 4.99. The van der Waals surface area contributed by atoms with Gasteiger partial charge in [0.1, 0.15) is 5.76 Å². The molecular weight excluding hydrogens is 268 g/mol. The van der Waals surface area contributed by atoms with Crippen LogP contribution in [0.3, 0.4) is 0 Å². The molecule has 0 spiro atoms. The molecule has 0 amide bonds. The van der Waals surface area contributed by atoms with E-state index < -0.39 is 10.0 Å². The summed E-state index contributed by atoms with van der Waals surface area (Å²) in [5.74, 6) is 0.459. The van der Waals surface area contributed by atoms with E-state index in [4.69, 9.17) is 14.9 Å². The number of methoxy groups -OCH3 is 1. The van der Waals surface area contributed by atoms with Gasteiger partial charge in [-0.25, -0.2) is 13.1 Å². The zero-order chi connectivity index (χ0) is 13.9. The number of sulfonamides is 1. The fourth-order valence-corrected chi connectivity index (χ4v) is 3.04. The van der Waals surface area contributed by atoms with Gasteiger partial charge in [0.2, 0.25) is 5.09 Å². The third kappa shape index (κ3) is 3.56. The molecule has 2 rings (SSSR count). The van der Waals surface area contributed by atoms with Gasteiger partial charge in [0.25, 0.3) is 10.0 Å². The van der Waals surface area contributed by atoms with Crippen molar-refractivity contribution in [1.29, 1.82) is 0 Å². The van der Waals surface area contributed by atoms with Crippen molar-refractivity contribution in [3.63, 3.8) is 0 Å². The maximum atomic E-state index is 12.0. The minimum atomic E-state index is -3.58. The Hall–Kier alpha value is -0.890. The predicted molar refractivity (Wildman–Crippen MR) is 69.9 cm³/mol. The summed E-state index contributed by atoms with van der Waals surface area (Å²) in [5.41, 5.74) is 5.45. The average Bonchev–Trinajstić information content (AvgIpc) is 2.99. The van der Waals surface area contributed by atoms with E-state index in [1.54, 1.807) is 13.2 Å². The van der Waals surface area contributed by atoms with Gasteiger partial charge < -0.3 is 14.9 Å². The molecule has 0 aliphatic heterocycles. The Labute approximate surface area is 113 Å². The first-order valence-corrected chi connectivity index (χ1v) is 7.77. The fourth-order valence-electron chi connectivity index (χ4n) is 1.94. The summed E-state index contributed by atoms with van der Waals surface area (Å²) in [4.78, 5) is 0. The number of furan rings is 1. The molecule has 108 valence electrons. The third-order valence-electron chi connectivity index (χ3n) is 3.53. The van der Waals surface area contributed by atoms with Crippen molar-refractivity contribution in [3.8, 4) is 0 Å². The molecule has 1 saturated carbocycles. The third-order valence-corrected chi connectivity index (χ3v) is 4.81. The standard InChI is InChI=1S/C12H20N2O4S/c1-17-7-6-12(4-5-12)9-14-19(15,16)11-3-2-10(8-13)18-11/h2-3,14H,4-9,13H2,1H3. The number of rotatable bonds is 8. The molecule has 0 saturated heterocycles. The van der Waals surface area contributed by atoms with Crippen molar-refractivity contribution >= 4 is 10.0 Å². The average molecular weight is 288 g/mol. The number of hydrogen-bond donors (Lipinski definition) is 2. The summed E-state index contributed by atoms with van der Waals surface area (Å²) in [6.45, 7) is 1.27. The van der Waals surface area contributed by atoms with Crippen LogP contribution in [0.15, 0.2) is 21.6 Å². The highest BCUT2D eigenvalue weighted by atomic mass is 32.2. The first-order valence-electron chi connectivity index (χ1n) is 6.29. The van der Waals surface area contributed by atoms with Crippen LogP contribution in [0.1, 0.15) is 25.0 Å². The van der Waals surface area contributed by atoms with E-state index in [0.29, 0.717) is 18.9 Å². The van der Waals surface area contributed by atoms with Crippen molar-refractivity contribution in [2.24, 2.45) is 11.1 Å². The molecule has 0 aromatic carbocycles. The minimum Gasteiger partial charge on any atom is -0.447 e. The molecule has 0 unspecified atom stereocenters. The quantitative estimate of drug-likeness (QED) is 0.739. The Morgan fingerprint density at radius 1 is 1.47 bits per heavy atom. The summed E-state index contributed by atoms with van der Waals surface area (Å²) in [5, 5.41) is -0.0736. The zero-order valence-corrected chi connectivity index (χ0v) is 11.8. The Morgan fingerprint density at radius 2 is 2.21 bits per heavy atom. The van der Waals surface area contributed by atoms with E-state index in [2.05, 4.69) is 4.72 Å². The lowest BCUT2D eigenvalue weighted by atomic mass is 10.0. The Bertz CT molecular complexity index is 520. The van der Waals surface area contributed by atoms with Gasteiger partial charge in [-0.2, -0.15) is 0 Å². The smallest absolute Gasteiger partial charge is 0.273 e. The molecule has 7 heteroatoms. The number of hydrogen-bond acceptors (Lipinski definition) is 5. The van der Waals surface area contributed by atoms with E-state index in [9.17, 15) is 8.42 Å². The Kier molecular flexibility index (Phi) is 4.29. The molecule has 3 N–H and O–H groups in total. The van der Waals surface area contributed by atoms with Crippen LogP contribution in [-0.4, -0.2) is 28.7 Å². The van der Waals surface area contributed by atoms with E-state index in [1.165, 1.54) is 6.07 Å². The van der Waals surface area contributed by atoms with Crippen molar-refractivity contribution < 1.29 is 17.6 Å². The predicted octanol–water partition coefficient (Wildman–Crippen LogP) is 0.833. The molecule has 1 aromatic heterocycles. The van der Waals surface area contributed by atoms with Gasteiger partial charge in [-0.05, 0) is 36.8 Å². The Balaban J connectivity index is 1.94. The largest absolute Gasteiger partial charge is 0.447 e. The van der Waals surface area contributed by atoms with E-state index in [0.717, 1.165) is 19.3 Å². The van der Waals surface area contributed by atoms with E-state index >= 15 is 0 Å². The maximum absolute atomic E-state index is 12.0. The number of nitrogens with one attached hydrogen (secondary N) is 1. The van der Waals surface area contributed by atoms with Gasteiger partial charge in [0, 0.05) is 20.3 Å².